The lowest BCUT2D eigenvalue weighted by Gasteiger charge is -2.05. The van der Waals surface area contributed by atoms with Crippen LogP contribution in [0.3, 0.4) is 0 Å². The van der Waals surface area contributed by atoms with Gasteiger partial charge in [0.2, 0.25) is 0 Å². The number of aryl methyl sites for hydroxylation is 2. The Bertz CT molecular complexity index is 945. The zero-order chi connectivity index (χ0) is 17.3. The SMILES string of the molecule is CCn1nccc1C(=O)N=c1sc2cc(C(C)C)ccc2n1CC. The highest BCUT2D eigenvalue weighted by atomic mass is 32.1. The number of rotatable bonds is 4. The molecule has 1 amide bonds. The van der Waals surface area contributed by atoms with Gasteiger partial charge in [-0.25, -0.2) is 0 Å². The van der Waals surface area contributed by atoms with E-state index in [-0.39, 0.29) is 5.91 Å². The van der Waals surface area contributed by atoms with E-state index in [2.05, 4.69) is 53.6 Å². The van der Waals surface area contributed by atoms with Crippen LogP contribution in [0.4, 0.5) is 0 Å². The minimum absolute atomic E-state index is 0.243. The van der Waals surface area contributed by atoms with Crippen molar-refractivity contribution in [2.45, 2.75) is 46.7 Å². The molecule has 2 aromatic heterocycles. The number of thiazole rings is 1. The van der Waals surface area contributed by atoms with Crippen molar-refractivity contribution >= 4 is 27.5 Å². The summed E-state index contributed by atoms with van der Waals surface area (Å²) < 4.78 is 4.93. The van der Waals surface area contributed by atoms with Gasteiger partial charge in [0.15, 0.2) is 4.80 Å². The van der Waals surface area contributed by atoms with Crippen LogP contribution in [0.25, 0.3) is 10.2 Å². The highest BCUT2D eigenvalue weighted by Crippen LogP contribution is 2.23. The van der Waals surface area contributed by atoms with Crippen molar-refractivity contribution in [2.75, 3.05) is 0 Å². The molecule has 0 aliphatic heterocycles. The van der Waals surface area contributed by atoms with Gasteiger partial charge in [-0.15, -0.1) is 0 Å². The predicted octanol–water partition coefficient (Wildman–Crippen LogP) is 3.80. The van der Waals surface area contributed by atoms with E-state index >= 15 is 0 Å². The van der Waals surface area contributed by atoms with Crippen LogP contribution in [0.5, 0.6) is 0 Å². The number of amides is 1. The maximum absolute atomic E-state index is 12.5. The molecule has 0 saturated carbocycles. The van der Waals surface area contributed by atoms with Crippen molar-refractivity contribution in [3.05, 3.63) is 46.5 Å². The molecule has 6 heteroatoms. The summed E-state index contributed by atoms with van der Waals surface area (Å²) in [6.45, 7) is 9.83. The van der Waals surface area contributed by atoms with Gasteiger partial charge in [-0.05, 0) is 43.5 Å². The summed E-state index contributed by atoms with van der Waals surface area (Å²) in [7, 11) is 0. The zero-order valence-corrected chi connectivity index (χ0v) is 15.3. The summed E-state index contributed by atoms with van der Waals surface area (Å²) in [4.78, 5) is 17.7. The highest BCUT2D eigenvalue weighted by molar-refractivity contribution is 7.16. The van der Waals surface area contributed by atoms with Crippen molar-refractivity contribution in [2.24, 2.45) is 4.99 Å². The number of carbonyl (C=O) groups excluding carboxylic acids is 1. The standard InChI is InChI=1S/C18H22N4OS/c1-5-21-14-8-7-13(12(3)4)11-16(14)24-18(21)20-17(23)15-9-10-19-22(15)6-2/h7-12H,5-6H2,1-4H3. The second-order valence-electron chi connectivity index (χ2n) is 5.96. The normalized spacial score (nSPS) is 12.5. The fourth-order valence-electron chi connectivity index (χ4n) is 2.75. The molecule has 126 valence electrons. The summed E-state index contributed by atoms with van der Waals surface area (Å²) in [5.41, 5.74) is 2.96. The molecule has 0 fully saturated rings. The summed E-state index contributed by atoms with van der Waals surface area (Å²) in [6, 6.07) is 8.21. The largest absolute Gasteiger partial charge is 0.317 e. The Morgan fingerprint density at radius 1 is 1.25 bits per heavy atom. The van der Waals surface area contributed by atoms with E-state index in [0.717, 1.165) is 16.9 Å². The highest BCUT2D eigenvalue weighted by Gasteiger charge is 2.12. The van der Waals surface area contributed by atoms with E-state index in [1.54, 1.807) is 28.3 Å². The fraction of sp³-hybridized carbons (Fsp3) is 0.389. The Kier molecular flexibility index (Phi) is 4.66. The summed E-state index contributed by atoms with van der Waals surface area (Å²) in [6.07, 6.45) is 1.64. The van der Waals surface area contributed by atoms with E-state index in [1.807, 2.05) is 6.92 Å². The molecule has 0 atom stereocenters. The predicted molar refractivity (Wildman–Crippen MR) is 97.4 cm³/mol. The van der Waals surface area contributed by atoms with Crippen molar-refractivity contribution in [3.63, 3.8) is 0 Å². The second-order valence-corrected chi connectivity index (χ2v) is 6.97. The second kappa shape index (κ2) is 6.73. The molecule has 0 bridgehead atoms. The molecule has 0 saturated heterocycles. The van der Waals surface area contributed by atoms with E-state index < -0.39 is 0 Å². The number of aromatic nitrogens is 3. The number of carbonyl (C=O) groups is 1. The molecule has 0 radical (unpaired) electrons. The summed E-state index contributed by atoms with van der Waals surface area (Å²) in [5, 5.41) is 4.15. The van der Waals surface area contributed by atoms with E-state index in [0.29, 0.717) is 18.2 Å². The van der Waals surface area contributed by atoms with Gasteiger partial charge < -0.3 is 4.57 Å². The Hall–Kier alpha value is -2.21. The molecule has 0 aliphatic rings. The van der Waals surface area contributed by atoms with E-state index in [9.17, 15) is 4.79 Å². The molecule has 3 rings (SSSR count). The van der Waals surface area contributed by atoms with Gasteiger partial charge in [0.1, 0.15) is 5.69 Å². The van der Waals surface area contributed by atoms with E-state index in [4.69, 9.17) is 0 Å². The number of hydrogen-bond acceptors (Lipinski definition) is 3. The topological polar surface area (TPSA) is 52.2 Å². The third-order valence-corrected chi connectivity index (χ3v) is 5.16. The maximum atomic E-state index is 12.5. The monoisotopic (exact) mass is 342 g/mol. The van der Waals surface area contributed by atoms with Gasteiger partial charge in [0, 0.05) is 19.3 Å². The first-order chi connectivity index (χ1) is 11.5. The van der Waals surface area contributed by atoms with Gasteiger partial charge in [0.05, 0.1) is 10.2 Å². The number of benzene rings is 1. The van der Waals surface area contributed by atoms with Crippen LogP contribution in [0.15, 0.2) is 35.5 Å². The zero-order valence-electron chi connectivity index (χ0n) is 14.5. The quantitative estimate of drug-likeness (QED) is 0.724. The number of nitrogens with zero attached hydrogens (tertiary/aromatic N) is 4. The van der Waals surface area contributed by atoms with Gasteiger partial charge in [-0.2, -0.15) is 10.1 Å². The van der Waals surface area contributed by atoms with Crippen LogP contribution in [-0.4, -0.2) is 20.3 Å². The van der Waals surface area contributed by atoms with Crippen molar-refractivity contribution in [3.8, 4) is 0 Å². The molecule has 24 heavy (non-hydrogen) atoms. The lowest BCUT2D eigenvalue weighted by Crippen LogP contribution is -2.17. The maximum Gasteiger partial charge on any atom is 0.297 e. The average molecular weight is 342 g/mol. The average Bonchev–Trinajstić information content (AvgIpc) is 3.17. The number of fused-ring (bicyclic) bond motifs is 1. The Morgan fingerprint density at radius 3 is 2.71 bits per heavy atom. The Morgan fingerprint density at radius 2 is 2.04 bits per heavy atom. The number of hydrogen-bond donors (Lipinski definition) is 0. The minimum atomic E-state index is -0.243. The molecule has 1 aromatic carbocycles. The molecular formula is C18H22N4OS. The van der Waals surface area contributed by atoms with Crippen LogP contribution < -0.4 is 4.80 Å². The molecule has 2 heterocycles. The van der Waals surface area contributed by atoms with Gasteiger partial charge in [-0.3, -0.25) is 9.48 Å². The molecular weight excluding hydrogens is 320 g/mol. The van der Waals surface area contributed by atoms with E-state index in [1.165, 1.54) is 10.3 Å². The molecule has 3 aromatic rings. The van der Waals surface area contributed by atoms with Crippen molar-refractivity contribution in [1.29, 1.82) is 0 Å². The Balaban J connectivity index is 2.13. The van der Waals surface area contributed by atoms with Gasteiger partial charge in [-0.1, -0.05) is 31.3 Å². The third-order valence-electron chi connectivity index (χ3n) is 4.12. The first kappa shape index (κ1) is 16.6. The molecule has 0 spiro atoms. The van der Waals surface area contributed by atoms with Crippen LogP contribution in [-0.2, 0) is 13.1 Å². The summed E-state index contributed by atoms with van der Waals surface area (Å²) in [5.74, 6) is 0.236. The van der Waals surface area contributed by atoms with Gasteiger partial charge in [0.25, 0.3) is 5.91 Å². The van der Waals surface area contributed by atoms with Crippen LogP contribution in [0, 0.1) is 0 Å². The van der Waals surface area contributed by atoms with Crippen LogP contribution in [0.1, 0.15) is 49.7 Å². The molecule has 0 N–H and O–H groups in total. The first-order valence-corrected chi connectivity index (χ1v) is 9.11. The lowest BCUT2D eigenvalue weighted by molar-refractivity contribution is 0.0987. The minimum Gasteiger partial charge on any atom is -0.317 e. The smallest absolute Gasteiger partial charge is 0.297 e. The van der Waals surface area contributed by atoms with Crippen molar-refractivity contribution < 1.29 is 4.79 Å². The molecule has 5 nitrogen and oxygen atoms in total. The van der Waals surface area contributed by atoms with Gasteiger partial charge >= 0.3 is 0 Å². The first-order valence-electron chi connectivity index (χ1n) is 8.29. The van der Waals surface area contributed by atoms with Crippen LogP contribution >= 0.6 is 11.3 Å². The fourth-order valence-corrected chi connectivity index (χ4v) is 3.89. The van der Waals surface area contributed by atoms with Crippen LogP contribution in [0.2, 0.25) is 0 Å². The lowest BCUT2D eigenvalue weighted by atomic mass is 10.0. The third kappa shape index (κ3) is 2.94. The van der Waals surface area contributed by atoms with Crippen molar-refractivity contribution in [1.82, 2.24) is 14.3 Å². The molecule has 0 aliphatic carbocycles. The summed E-state index contributed by atoms with van der Waals surface area (Å²) >= 11 is 1.56. The Labute approximate surface area is 145 Å². The molecule has 0 unspecified atom stereocenters.